The number of rotatable bonds is 2. The molecule has 0 unspecified atom stereocenters. The Balaban J connectivity index is 2.94. The molecule has 1 atom stereocenters. The Bertz CT molecular complexity index is 373. The van der Waals surface area contributed by atoms with Gasteiger partial charge in [0.05, 0.1) is 24.5 Å². The second-order valence-corrected chi connectivity index (χ2v) is 3.04. The fourth-order valence-electron chi connectivity index (χ4n) is 1.05. The van der Waals surface area contributed by atoms with Gasteiger partial charge in [-0.15, -0.1) is 0 Å². The molecule has 2 nitrogen and oxygen atoms in total. The van der Waals surface area contributed by atoms with Gasteiger partial charge in [0, 0.05) is 5.02 Å². The van der Waals surface area contributed by atoms with Crippen molar-refractivity contribution in [3.05, 3.63) is 34.9 Å². The molecular weight excluding hydrogens is 184 g/mol. The van der Waals surface area contributed by atoms with Crippen LogP contribution < -0.4 is 0 Å². The third kappa shape index (κ3) is 2.47. The summed E-state index contributed by atoms with van der Waals surface area (Å²) in [4.78, 5) is 0. The summed E-state index contributed by atoms with van der Waals surface area (Å²) in [6, 6.07) is 11.1. The van der Waals surface area contributed by atoms with Crippen LogP contribution in [0, 0.1) is 22.7 Å². The van der Waals surface area contributed by atoms with Gasteiger partial charge in [-0.3, -0.25) is 0 Å². The first-order chi connectivity index (χ1) is 6.27. The SMILES string of the molecule is N#CC[C@H](C#N)c1cccc(Cl)c1. The van der Waals surface area contributed by atoms with Crippen molar-refractivity contribution in [1.29, 1.82) is 10.5 Å². The van der Waals surface area contributed by atoms with E-state index < -0.39 is 0 Å². The smallest absolute Gasteiger partial charge is 0.0843 e. The van der Waals surface area contributed by atoms with Crippen LogP contribution >= 0.6 is 11.6 Å². The zero-order valence-corrected chi connectivity index (χ0v) is 7.62. The minimum Gasteiger partial charge on any atom is -0.198 e. The van der Waals surface area contributed by atoms with Crippen molar-refractivity contribution < 1.29 is 0 Å². The van der Waals surface area contributed by atoms with Gasteiger partial charge >= 0.3 is 0 Å². The molecule has 0 aliphatic rings. The Morgan fingerprint density at radius 1 is 1.38 bits per heavy atom. The van der Waals surface area contributed by atoms with Crippen LogP contribution in [0.1, 0.15) is 17.9 Å². The number of hydrogen-bond donors (Lipinski definition) is 0. The molecular formula is C10H7ClN2. The zero-order valence-electron chi connectivity index (χ0n) is 6.87. The first-order valence-electron chi connectivity index (χ1n) is 3.80. The van der Waals surface area contributed by atoms with Crippen molar-refractivity contribution in [2.75, 3.05) is 0 Å². The molecule has 0 aliphatic heterocycles. The van der Waals surface area contributed by atoms with E-state index in [4.69, 9.17) is 22.1 Å². The van der Waals surface area contributed by atoms with Gasteiger partial charge in [-0.25, -0.2) is 0 Å². The summed E-state index contributed by atoms with van der Waals surface area (Å²) in [5.41, 5.74) is 0.802. The van der Waals surface area contributed by atoms with Crippen molar-refractivity contribution in [1.82, 2.24) is 0 Å². The molecule has 0 saturated carbocycles. The van der Waals surface area contributed by atoms with Crippen LogP contribution in [0.25, 0.3) is 0 Å². The minimum absolute atomic E-state index is 0.205. The molecule has 64 valence electrons. The van der Waals surface area contributed by atoms with Crippen LogP contribution in [-0.4, -0.2) is 0 Å². The first kappa shape index (κ1) is 9.58. The lowest BCUT2D eigenvalue weighted by Crippen LogP contribution is -1.93. The van der Waals surface area contributed by atoms with E-state index in [1.165, 1.54) is 0 Å². The van der Waals surface area contributed by atoms with Gasteiger partial charge < -0.3 is 0 Å². The Hall–Kier alpha value is -1.51. The summed E-state index contributed by atoms with van der Waals surface area (Å²) in [5, 5.41) is 17.8. The van der Waals surface area contributed by atoms with Gasteiger partial charge in [-0.1, -0.05) is 23.7 Å². The molecule has 0 bridgehead atoms. The monoisotopic (exact) mass is 190 g/mol. The largest absolute Gasteiger partial charge is 0.198 e. The standard InChI is InChI=1S/C10H7ClN2/c11-10-3-1-2-8(6-10)9(7-13)4-5-12/h1-3,6,9H,4H2/t9-/m1/s1. The fraction of sp³-hybridized carbons (Fsp3) is 0.200. The predicted octanol–water partition coefficient (Wildman–Crippen LogP) is 2.86. The summed E-state index contributed by atoms with van der Waals surface area (Å²) in [6.45, 7) is 0. The van der Waals surface area contributed by atoms with E-state index in [2.05, 4.69) is 6.07 Å². The Kier molecular flexibility index (Phi) is 3.31. The molecule has 0 fully saturated rings. The van der Waals surface area contributed by atoms with E-state index in [1.54, 1.807) is 24.3 Å². The van der Waals surface area contributed by atoms with Gasteiger partial charge in [0.25, 0.3) is 0 Å². The van der Waals surface area contributed by atoms with Crippen LogP contribution in [0.5, 0.6) is 0 Å². The maximum absolute atomic E-state index is 8.76. The molecule has 3 heteroatoms. The number of halogens is 1. The van der Waals surface area contributed by atoms with Crippen LogP contribution in [-0.2, 0) is 0 Å². The Labute approximate surface area is 82.0 Å². The van der Waals surface area contributed by atoms with Gasteiger partial charge in [0.2, 0.25) is 0 Å². The van der Waals surface area contributed by atoms with Gasteiger partial charge in [-0.2, -0.15) is 10.5 Å². The number of hydrogen-bond acceptors (Lipinski definition) is 2. The van der Waals surface area contributed by atoms with E-state index in [0.29, 0.717) is 5.02 Å². The minimum atomic E-state index is -0.372. The molecule has 0 aliphatic carbocycles. The summed E-state index contributed by atoms with van der Waals surface area (Å²) >= 11 is 5.75. The highest BCUT2D eigenvalue weighted by Gasteiger charge is 2.09. The molecule has 0 heterocycles. The van der Waals surface area contributed by atoms with Crippen LogP contribution in [0.4, 0.5) is 0 Å². The summed E-state index contributed by atoms with van der Waals surface area (Å²) in [6.07, 6.45) is 0.205. The van der Waals surface area contributed by atoms with Crippen molar-refractivity contribution in [3.63, 3.8) is 0 Å². The molecule has 0 aromatic heterocycles. The quantitative estimate of drug-likeness (QED) is 0.720. The molecule has 0 radical (unpaired) electrons. The summed E-state index contributed by atoms with van der Waals surface area (Å²) in [7, 11) is 0. The second-order valence-electron chi connectivity index (χ2n) is 2.60. The fourth-order valence-corrected chi connectivity index (χ4v) is 1.25. The number of nitriles is 2. The first-order valence-corrected chi connectivity index (χ1v) is 4.17. The van der Waals surface area contributed by atoms with E-state index in [0.717, 1.165) is 5.56 Å². The molecule has 0 amide bonds. The molecule has 13 heavy (non-hydrogen) atoms. The molecule has 1 aromatic rings. The molecule has 0 saturated heterocycles. The summed E-state index contributed by atoms with van der Waals surface area (Å²) in [5.74, 6) is -0.372. The van der Waals surface area contributed by atoms with Crippen molar-refractivity contribution in [2.45, 2.75) is 12.3 Å². The van der Waals surface area contributed by atoms with E-state index in [-0.39, 0.29) is 12.3 Å². The summed E-state index contributed by atoms with van der Waals surface area (Å²) < 4.78 is 0. The van der Waals surface area contributed by atoms with Crippen molar-refractivity contribution >= 4 is 11.6 Å². The average molecular weight is 191 g/mol. The maximum atomic E-state index is 8.76. The third-order valence-corrected chi connectivity index (χ3v) is 1.94. The van der Waals surface area contributed by atoms with Gasteiger partial charge in [0.15, 0.2) is 0 Å². The van der Waals surface area contributed by atoms with E-state index in [9.17, 15) is 0 Å². The topological polar surface area (TPSA) is 47.6 Å². The lowest BCUT2D eigenvalue weighted by molar-refractivity contribution is 0.887. The van der Waals surface area contributed by atoms with E-state index in [1.807, 2.05) is 6.07 Å². The normalized spacial score (nSPS) is 11.3. The van der Waals surface area contributed by atoms with Crippen molar-refractivity contribution in [3.8, 4) is 12.1 Å². The van der Waals surface area contributed by atoms with Crippen LogP contribution in [0.15, 0.2) is 24.3 Å². The van der Waals surface area contributed by atoms with Gasteiger partial charge in [0.1, 0.15) is 0 Å². The Morgan fingerprint density at radius 3 is 2.69 bits per heavy atom. The lowest BCUT2D eigenvalue weighted by atomic mass is 9.98. The number of benzene rings is 1. The van der Waals surface area contributed by atoms with Crippen molar-refractivity contribution in [2.24, 2.45) is 0 Å². The second kappa shape index (κ2) is 4.50. The highest BCUT2D eigenvalue weighted by molar-refractivity contribution is 6.30. The van der Waals surface area contributed by atoms with Crippen LogP contribution in [0.2, 0.25) is 5.02 Å². The van der Waals surface area contributed by atoms with Gasteiger partial charge in [-0.05, 0) is 17.7 Å². The Morgan fingerprint density at radius 2 is 2.15 bits per heavy atom. The predicted molar refractivity (Wildman–Crippen MR) is 50.0 cm³/mol. The molecule has 1 rings (SSSR count). The highest BCUT2D eigenvalue weighted by Crippen LogP contribution is 2.21. The molecule has 0 spiro atoms. The zero-order chi connectivity index (χ0) is 9.68. The van der Waals surface area contributed by atoms with Crippen LogP contribution in [0.3, 0.4) is 0 Å². The highest BCUT2D eigenvalue weighted by atomic mass is 35.5. The molecule has 0 N–H and O–H groups in total. The van der Waals surface area contributed by atoms with E-state index >= 15 is 0 Å². The average Bonchev–Trinajstić information content (AvgIpc) is 2.14. The third-order valence-electron chi connectivity index (χ3n) is 1.70. The molecule has 1 aromatic carbocycles. The number of nitrogens with zero attached hydrogens (tertiary/aromatic N) is 2. The lowest BCUT2D eigenvalue weighted by Gasteiger charge is -2.04. The maximum Gasteiger partial charge on any atom is 0.0843 e.